The lowest BCUT2D eigenvalue weighted by atomic mass is 10.1. The predicted molar refractivity (Wildman–Crippen MR) is 57.1 cm³/mol. The standard InChI is InChI=1S/C12H17FO2/c1-4-14-12(15-5-2)11-8-10(13)7-6-9(11)3/h6-8,12H,4-5H2,1-3H3. The summed E-state index contributed by atoms with van der Waals surface area (Å²) in [5.41, 5.74) is 1.74. The van der Waals surface area contributed by atoms with E-state index in [0.29, 0.717) is 13.2 Å². The Balaban J connectivity index is 2.93. The lowest BCUT2D eigenvalue weighted by Crippen LogP contribution is -2.10. The number of rotatable bonds is 5. The van der Waals surface area contributed by atoms with Crippen molar-refractivity contribution >= 4 is 0 Å². The van der Waals surface area contributed by atoms with Crippen LogP contribution in [-0.4, -0.2) is 13.2 Å². The van der Waals surface area contributed by atoms with Crippen LogP contribution in [0.2, 0.25) is 0 Å². The molecule has 3 heteroatoms. The first-order valence-corrected chi connectivity index (χ1v) is 5.18. The summed E-state index contributed by atoms with van der Waals surface area (Å²) in [5, 5.41) is 0. The van der Waals surface area contributed by atoms with Crippen molar-refractivity contribution in [1.82, 2.24) is 0 Å². The molecule has 0 saturated heterocycles. The predicted octanol–water partition coefficient (Wildman–Crippen LogP) is 3.21. The van der Waals surface area contributed by atoms with Crippen LogP contribution in [0.25, 0.3) is 0 Å². The third kappa shape index (κ3) is 3.29. The van der Waals surface area contributed by atoms with Gasteiger partial charge in [0.25, 0.3) is 0 Å². The average Bonchev–Trinajstić information content (AvgIpc) is 2.21. The number of hydrogen-bond acceptors (Lipinski definition) is 2. The van der Waals surface area contributed by atoms with Crippen LogP contribution in [0, 0.1) is 12.7 Å². The van der Waals surface area contributed by atoms with Gasteiger partial charge in [-0.05, 0) is 38.5 Å². The zero-order valence-electron chi connectivity index (χ0n) is 9.42. The molecule has 0 aliphatic heterocycles. The fourth-order valence-electron chi connectivity index (χ4n) is 1.40. The van der Waals surface area contributed by atoms with Gasteiger partial charge in [0.15, 0.2) is 6.29 Å². The molecule has 0 amide bonds. The molecule has 0 spiro atoms. The van der Waals surface area contributed by atoms with Crippen LogP contribution in [-0.2, 0) is 9.47 Å². The van der Waals surface area contributed by atoms with Gasteiger partial charge >= 0.3 is 0 Å². The van der Waals surface area contributed by atoms with Gasteiger partial charge in [0.2, 0.25) is 0 Å². The number of benzene rings is 1. The maximum absolute atomic E-state index is 13.1. The van der Waals surface area contributed by atoms with E-state index in [4.69, 9.17) is 9.47 Å². The summed E-state index contributed by atoms with van der Waals surface area (Å²) in [7, 11) is 0. The first kappa shape index (κ1) is 12.1. The van der Waals surface area contributed by atoms with Gasteiger partial charge in [-0.2, -0.15) is 0 Å². The van der Waals surface area contributed by atoms with Gasteiger partial charge in [-0.25, -0.2) is 4.39 Å². The minimum atomic E-state index is -0.462. The van der Waals surface area contributed by atoms with Crippen molar-refractivity contribution < 1.29 is 13.9 Å². The molecule has 0 fully saturated rings. The second-order valence-electron chi connectivity index (χ2n) is 3.24. The van der Waals surface area contributed by atoms with Crippen LogP contribution in [0.3, 0.4) is 0 Å². The van der Waals surface area contributed by atoms with Crippen molar-refractivity contribution in [1.29, 1.82) is 0 Å². The molecule has 1 aromatic rings. The van der Waals surface area contributed by atoms with Crippen molar-refractivity contribution in [2.24, 2.45) is 0 Å². The molecule has 0 bridgehead atoms. The Morgan fingerprint density at radius 1 is 1.20 bits per heavy atom. The van der Waals surface area contributed by atoms with E-state index in [1.807, 2.05) is 20.8 Å². The highest BCUT2D eigenvalue weighted by molar-refractivity contribution is 5.27. The molecule has 15 heavy (non-hydrogen) atoms. The van der Waals surface area contributed by atoms with E-state index in [1.165, 1.54) is 12.1 Å². The van der Waals surface area contributed by atoms with Gasteiger partial charge in [-0.1, -0.05) is 6.07 Å². The van der Waals surface area contributed by atoms with E-state index in [2.05, 4.69) is 0 Å². The van der Waals surface area contributed by atoms with E-state index in [1.54, 1.807) is 6.07 Å². The van der Waals surface area contributed by atoms with E-state index in [-0.39, 0.29) is 5.82 Å². The van der Waals surface area contributed by atoms with E-state index < -0.39 is 6.29 Å². The third-order valence-electron chi connectivity index (χ3n) is 2.13. The third-order valence-corrected chi connectivity index (χ3v) is 2.13. The highest BCUT2D eigenvalue weighted by Crippen LogP contribution is 2.23. The smallest absolute Gasteiger partial charge is 0.184 e. The van der Waals surface area contributed by atoms with Crippen LogP contribution in [0.1, 0.15) is 31.3 Å². The highest BCUT2D eigenvalue weighted by Gasteiger charge is 2.14. The van der Waals surface area contributed by atoms with Crippen molar-refractivity contribution in [2.45, 2.75) is 27.1 Å². The largest absolute Gasteiger partial charge is 0.349 e. The summed E-state index contributed by atoms with van der Waals surface area (Å²) < 4.78 is 23.9. The van der Waals surface area contributed by atoms with Gasteiger partial charge < -0.3 is 9.47 Å². The molecule has 0 N–H and O–H groups in total. The molecule has 0 aliphatic rings. The first-order valence-electron chi connectivity index (χ1n) is 5.18. The normalized spacial score (nSPS) is 11.0. The van der Waals surface area contributed by atoms with Crippen molar-refractivity contribution in [3.05, 3.63) is 35.1 Å². The Hall–Kier alpha value is -0.930. The van der Waals surface area contributed by atoms with Gasteiger partial charge in [-0.3, -0.25) is 0 Å². The maximum atomic E-state index is 13.1. The second kappa shape index (κ2) is 5.83. The average molecular weight is 212 g/mol. The molecule has 0 aliphatic carbocycles. The van der Waals surface area contributed by atoms with E-state index in [0.717, 1.165) is 11.1 Å². The highest BCUT2D eigenvalue weighted by atomic mass is 19.1. The number of aryl methyl sites for hydroxylation is 1. The van der Waals surface area contributed by atoms with Crippen molar-refractivity contribution in [3.8, 4) is 0 Å². The summed E-state index contributed by atoms with van der Waals surface area (Å²) in [6, 6.07) is 4.63. The molecule has 0 radical (unpaired) electrons. The van der Waals surface area contributed by atoms with Gasteiger partial charge in [-0.15, -0.1) is 0 Å². The first-order chi connectivity index (χ1) is 7.19. The summed E-state index contributed by atoms with van der Waals surface area (Å²) in [5.74, 6) is -0.264. The molecule has 1 rings (SSSR count). The molecule has 0 unspecified atom stereocenters. The van der Waals surface area contributed by atoms with Crippen LogP contribution in [0.4, 0.5) is 4.39 Å². The number of halogens is 1. The topological polar surface area (TPSA) is 18.5 Å². The van der Waals surface area contributed by atoms with Crippen molar-refractivity contribution in [2.75, 3.05) is 13.2 Å². The fraction of sp³-hybridized carbons (Fsp3) is 0.500. The zero-order chi connectivity index (χ0) is 11.3. The minimum absolute atomic E-state index is 0.264. The van der Waals surface area contributed by atoms with Crippen LogP contribution >= 0.6 is 0 Å². The lowest BCUT2D eigenvalue weighted by molar-refractivity contribution is -0.140. The van der Waals surface area contributed by atoms with Crippen molar-refractivity contribution in [3.63, 3.8) is 0 Å². The monoisotopic (exact) mass is 212 g/mol. The van der Waals surface area contributed by atoms with Crippen LogP contribution in [0.5, 0.6) is 0 Å². The van der Waals surface area contributed by atoms with Crippen LogP contribution < -0.4 is 0 Å². The molecular weight excluding hydrogens is 195 g/mol. The SMILES string of the molecule is CCOC(OCC)c1cc(F)ccc1C. The Morgan fingerprint density at radius 2 is 1.80 bits per heavy atom. The quantitative estimate of drug-likeness (QED) is 0.698. The molecule has 84 valence electrons. The summed E-state index contributed by atoms with van der Waals surface area (Å²) in [6.45, 7) is 6.78. The Labute approximate surface area is 90.0 Å². The van der Waals surface area contributed by atoms with Crippen LogP contribution in [0.15, 0.2) is 18.2 Å². The summed E-state index contributed by atoms with van der Waals surface area (Å²) in [6.07, 6.45) is -0.462. The Morgan fingerprint density at radius 3 is 2.33 bits per heavy atom. The molecule has 0 atom stereocenters. The molecule has 0 saturated carbocycles. The Bertz CT molecular complexity index is 306. The van der Waals surface area contributed by atoms with Gasteiger partial charge in [0, 0.05) is 18.8 Å². The fourth-order valence-corrected chi connectivity index (χ4v) is 1.40. The second-order valence-corrected chi connectivity index (χ2v) is 3.24. The summed E-state index contributed by atoms with van der Waals surface area (Å²) >= 11 is 0. The number of hydrogen-bond donors (Lipinski definition) is 0. The maximum Gasteiger partial charge on any atom is 0.184 e. The molecule has 1 aromatic carbocycles. The van der Waals surface area contributed by atoms with Gasteiger partial charge in [0.05, 0.1) is 0 Å². The van der Waals surface area contributed by atoms with Gasteiger partial charge in [0.1, 0.15) is 5.82 Å². The van der Waals surface area contributed by atoms with E-state index in [9.17, 15) is 4.39 Å². The Kier molecular flexibility index (Phi) is 4.72. The molecule has 0 heterocycles. The minimum Gasteiger partial charge on any atom is -0.349 e. The summed E-state index contributed by atoms with van der Waals surface area (Å²) in [4.78, 5) is 0. The van der Waals surface area contributed by atoms with E-state index >= 15 is 0 Å². The molecule has 2 nitrogen and oxygen atoms in total. The lowest BCUT2D eigenvalue weighted by Gasteiger charge is -2.19. The zero-order valence-corrected chi connectivity index (χ0v) is 9.42. The molecular formula is C12H17FO2. The molecule has 0 aromatic heterocycles. The number of ether oxygens (including phenoxy) is 2.